The zero-order valence-electron chi connectivity index (χ0n) is 11.2. The van der Waals surface area contributed by atoms with Gasteiger partial charge in [-0.15, -0.1) is 0 Å². The van der Waals surface area contributed by atoms with Crippen LogP contribution in [-0.4, -0.2) is 7.05 Å². The van der Waals surface area contributed by atoms with Gasteiger partial charge in [-0.05, 0) is 67.1 Å². The van der Waals surface area contributed by atoms with E-state index in [1.807, 2.05) is 18.0 Å². The molecule has 0 N–H and O–H groups in total. The molecule has 2 aromatic rings. The van der Waals surface area contributed by atoms with Gasteiger partial charge in [0, 0.05) is 18.4 Å². The molecule has 0 heterocycles. The normalized spacial score (nSPS) is 14.0. The SMILES string of the molecule is CN(c1cccc(F)c1)c1ccc2c(c1)CCCC2. The van der Waals surface area contributed by atoms with Crippen molar-refractivity contribution >= 4 is 11.4 Å². The minimum atomic E-state index is -0.192. The van der Waals surface area contributed by atoms with Crippen LogP contribution in [0.3, 0.4) is 0 Å². The number of hydrogen-bond donors (Lipinski definition) is 0. The Bertz CT molecular complexity index is 592. The molecule has 2 heteroatoms. The number of rotatable bonds is 2. The molecule has 0 saturated heterocycles. The summed E-state index contributed by atoms with van der Waals surface area (Å²) < 4.78 is 13.3. The van der Waals surface area contributed by atoms with E-state index in [1.54, 1.807) is 12.1 Å². The Hall–Kier alpha value is -1.83. The molecule has 98 valence electrons. The number of halogens is 1. The highest BCUT2D eigenvalue weighted by atomic mass is 19.1. The van der Waals surface area contributed by atoms with Crippen LogP contribution in [0.5, 0.6) is 0 Å². The van der Waals surface area contributed by atoms with Crippen LogP contribution in [0, 0.1) is 5.82 Å². The largest absolute Gasteiger partial charge is 0.345 e. The third kappa shape index (κ3) is 2.48. The van der Waals surface area contributed by atoms with E-state index in [9.17, 15) is 4.39 Å². The summed E-state index contributed by atoms with van der Waals surface area (Å²) in [6, 6.07) is 13.3. The predicted molar refractivity (Wildman–Crippen MR) is 77.5 cm³/mol. The standard InChI is InChI=1S/C17H18FN/c1-19(16-8-4-7-15(18)12-16)17-10-9-13-5-2-3-6-14(13)11-17/h4,7-12H,2-3,5-6H2,1H3. The van der Waals surface area contributed by atoms with Gasteiger partial charge in [0.25, 0.3) is 0 Å². The fourth-order valence-electron chi connectivity index (χ4n) is 2.76. The van der Waals surface area contributed by atoms with Crippen LogP contribution in [-0.2, 0) is 12.8 Å². The molecule has 0 bridgehead atoms. The zero-order valence-corrected chi connectivity index (χ0v) is 11.2. The third-order valence-corrected chi connectivity index (χ3v) is 3.91. The van der Waals surface area contributed by atoms with Crippen molar-refractivity contribution in [3.05, 3.63) is 59.4 Å². The Kier molecular flexibility index (Phi) is 3.24. The maximum atomic E-state index is 13.3. The lowest BCUT2D eigenvalue weighted by Crippen LogP contribution is -2.11. The lowest BCUT2D eigenvalue weighted by molar-refractivity contribution is 0.628. The quantitative estimate of drug-likeness (QED) is 0.765. The van der Waals surface area contributed by atoms with Crippen LogP contribution in [0.15, 0.2) is 42.5 Å². The van der Waals surface area contributed by atoms with E-state index in [2.05, 4.69) is 18.2 Å². The minimum absolute atomic E-state index is 0.192. The number of fused-ring (bicyclic) bond motifs is 1. The number of hydrogen-bond acceptors (Lipinski definition) is 1. The summed E-state index contributed by atoms with van der Waals surface area (Å²) in [5.74, 6) is -0.192. The van der Waals surface area contributed by atoms with Gasteiger partial charge in [-0.1, -0.05) is 12.1 Å². The second-order valence-electron chi connectivity index (χ2n) is 5.20. The first-order valence-corrected chi connectivity index (χ1v) is 6.85. The number of nitrogens with zero attached hydrogens (tertiary/aromatic N) is 1. The Morgan fingerprint density at radius 2 is 1.63 bits per heavy atom. The van der Waals surface area contributed by atoms with Gasteiger partial charge in [0.1, 0.15) is 5.82 Å². The fourth-order valence-corrected chi connectivity index (χ4v) is 2.76. The molecule has 0 fully saturated rings. The van der Waals surface area contributed by atoms with Gasteiger partial charge in [-0.25, -0.2) is 4.39 Å². The van der Waals surface area contributed by atoms with Gasteiger partial charge >= 0.3 is 0 Å². The monoisotopic (exact) mass is 255 g/mol. The molecule has 0 aromatic heterocycles. The first-order valence-electron chi connectivity index (χ1n) is 6.85. The van der Waals surface area contributed by atoms with Crippen molar-refractivity contribution in [2.24, 2.45) is 0 Å². The van der Waals surface area contributed by atoms with E-state index < -0.39 is 0 Å². The number of aryl methyl sites for hydroxylation is 2. The van der Waals surface area contributed by atoms with Crippen molar-refractivity contribution in [1.82, 2.24) is 0 Å². The minimum Gasteiger partial charge on any atom is -0.345 e. The fraction of sp³-hybridized carbons (Fsp3) is 0.294. The molecule has 3 rings (SSSR count). The summed E-state index contributed by atoms with van der Waals surface area (Å²) >= 11 is 0. The van der Waals surface area contributed by atoms with Crippen LogP contribution >= 0.6 is 0 Å². The van der Waals surface area contributed by atoms with Crippen LogP contribution < -0.4 is 4.90 Å². The molecule has 2 aromatic carbocycles. The van der Waals surface area contributed by atoms with Crippen molar-refractivity contribution in [2.75, 3.05) is 11.9 Å². The van der Waals surface area contributed by atoms with Crippen molar-refractivity contribution in [2.45, 2.75) is 25.7 Å². The van der Waals surface area contributed by atoms with Crippen LogP contribution in [0.25, 0.3) is 0 Å². The molecule has 0 amide bonds. The Labute approximate surface area is 113 Å². The molecule has 19 heavy (non-hydrogen) atoms. The maximum Gasteiger partial charge on any atom is 0.125 e. The topological polar surface area (TPSA) is 3.24 Å². The van der Waals surface area contributed by atoms with E-state index >= 15 is 0 Å². The van der Waals surface area contributed by atoms with Gasteiger partial charge in [0.2, 0.25) is 0 Å². The average Bonchev–Trinajstić information content (AvgIpc) is 2.46. The molecular formula is C17H18FN. The Balaban J connectivity index is 1.93. The lowest BCUT2D eigenvalue weighted by Gasteiger charge is -2.23. The summed E-state index contributed by atoms with van der Waals surface area (Å²) in [6.45, 7) is 0. The van der Waals surface area contributed by atoms with Crippen molar-refractivity contribution in [3.63, 3.8) is 0 Å². The van der Waals surface area contributed by atoms with Crippen LogP contribution in [0.1, 0.15) is 24.0 Å². The third-order valence-electron chi connectivity index (χ3n) is 3.91. The smallest absolute Gasteiger partial charge is 0.125 e. The van der Waals surface area contributed by atoms with E-state index in [0.717, 1.165) is 11.4 Å². The van der Waals surface area contributed by atoms with E-state index in [4.69, 9.17) is 0 Å². The molecule has 0 unspecified atom stereocenters. The lowest BCUT2D eigenvalue weighted by atomic mass is 9.91. The molecule has 0 radical (unpaired) electrons. The molecular weight excluding hydrogens is 237 g/mol. The van der Waals surface area contributed by atoms with Gasteiger partial charge < -0.3 is 4.90 Å². The first-order chi connectivity index (χ1) is 9.24. The van der Waals surface area contributed by atoms with Crippen LogP contribution in [0.2, 0.25) is 0 Å². The molecule has 0 spiro atoms. The summed E-state index contributed by atoms with van der Waals surface area (Å²) in [5.41, 5.74) is 4.94. The summed E-state index contributed by atoms with van der Waals surface area (Å²) in [7, 11) is 1.99. The van der Waals surface area contributed by atoms with Crippen molar-refractivity contribution < 1.29 is 4.39 Å². The molecule has 0 aliphatic heterocycles. The molecule has 1 aliphatic rings. The highest BCUT2D eigenvalue weighted by Gasteiger charge is 2.12. The van der Waals surface area contributed by atoms with Gasteiger partial charge in [0.05, 0.1) is 0 Å². The molecule has 1 nitrogen and oxygen atoms in total. The average molecular weight is 255 g/mol. The second kappa shape index (κ2) is 5.04. The summed E-state index contributed by atoms with van der Waals surface area (Å²) in [6.07, 6.45) is 4.94. The predicted octanol–water partition coefficient (Wildman–Crippen LogP) is 4.47. The van der Waals surface area contributed by atoms with E-state index in [0.29, 0.717) is 0 Å². The number of anilines is 2. The summed E-state index contributed by atoms with van der Waals surface area (Å²) in [4.78, 5) is 2.04. The van der Waals surface area contributed by atoms with E-state index in [-0.39, 0.29) is 5.82 Å². The second-order valence-corrected chi connectivity index (χ2v) is 5.20. The Morgan fingerprint density at radius 3 is 2.42 bits per heavy atom. The highest BCUT2D eigenvalue weighted by Crippen LogP contribution is 2.29. The van der Waals surface area contributed by atoms with Gasteiger partial charge in [-0.3, -0.25) is 0 Å². The van der Waals surface area contributed by atoms with Crippen molar-refractivity contribution in [3.8, 4) is 0 Å². The summed E-state index contributed by atoms with van der Waals surface area (Å²) in [5, 5.41) is 0. The molecule has 1 aliphatic carbocycles. The van der Waals surface area contributed by atoms with Crippen LogP contribution in [0.4, 0.5) is 15.8 Å². The first kappa shape index (κ1) is 12.2. The van der Waals surface area contributed by atoms with Gasteiger partial charge in [0.15, 0.2) is 0 Å². The molecule has 0 atom stereocenters. The maximum absolute atomic E-state index is 13.3. The van der Waals surface area contributed by atoms with E-state index in [1.165, 1.54) is 42.9 Å². The Morgan fingerprint density at radius 1 is 0.895 bits per heavy atom. The zero-order chi connectivity index (χ0) is 13.2. The molecule has 0 saturated carbocycles. The van der Waals surface area contributed by atoms with Gasteiger partial charge in [-0.2, -0.15) is 0 Å². The highest BCUT2D eigenvalue weighted by molar-refractivity contribution is 5.63. The number of benzene rings is 2. The van der Waals surface area contributed by atoms with Crippen molar-refractivity contribution in [1.29, 1.82) is 0 Å².